The van der Waals surface area contributed by atoms with Gasteiger partial charge in [0.15, 0.2) is 23.2 Å². The summed E-state index contributed by atoms with van der Waals surface area (Å²) < 4.78 is 64.8. The van der Waals surface area contributed by atoms with Gasteiger partial charge < -0.3 is 15.0 Å². The van der Waals surface area contributed by atoms with Crippen LogP contribution in [0.1, 0.15) is 13.3 Å². The second-order valence-corrected chi connectivity index (χ2v) is 10.3. The Bertz CT molecular complexity index is 1820. The van der Waals surface area contributed by atoms with E-state index in [9.17, 15) is 27.6 Å². The van der Waals surface area contributed by atoms with Crippen molar-refractivity contribution in [3.05, 3.63) is 78.6 Å². The molecular weight excluding hydrogens is 584 g/mol. The van der Waals surface area contributed by atoms with E-state index in [-0.39, 0.29) is 42.4 Å². The van der Waals surface area contributed by atoms with Crippen LogP contribution in [0.25, 0.3) is 5.52 Å². The van der Waals surface area contributed by atoms with Crippen LogP contribution >= 0.6 is 0 Å². The molecule has 2 aromatic carbocycles. The molecule has 2 aromatic heterocycles. The van der Waals surface area contributed by atoms with Crippen molar-refractivity contribution in [1.82, 2.24) is 9.61 Å². The number of nitrogens with zero attached hydrogens (tertiary/aromatic N) is 5. The Hall–Kier alpha value is -5.27. The third-order valence-electron chi connectivity index (χ3n) is 7.37. The number of urea groups is 1. The van der Waals surface area contributed by atoms with E-state index in [1.165, 1.54) is 56.7 Å². The van der Waals surface area contributed by atoms with Crippen molar-refractivity contribution in [2.45, 2.75) is 19.3 Å². The highest BCUT2D eigenvalue weighted by atomic mass is 19.3. The number of carbonyl (C=O) groups is 3. The quantitative estimate of drug-likeness (QED) is 0.178. The molecule has 0 spiro atoms. The maximum absolute atomic E-state index is 15.2. The van der Waals surface area contributed by atoms with Gasteiger partial charge in [-0.15, -0.1) is 4.90 Å². The summed E-state index contributed by atoms with van der Waals surface area (Å²) in [5.74, 6) is -7.38. The van der Waals surface area contributed by atoms with Gasteiger partial charge in [-0.25, -0.2) is 31.4 Å². The van der Waals surface area contributed by atoms with Gasteiger partial charge in [0.25, 0.3) is 5.92 Å². The molecule has 4 heterocycles. The van der Waals surface area contributed by atoms with Crippen molar-refractivity contribution in [2.24, 2.45) is 5.92 Å². The van der Waals surface area contributed by atoms with Gasteiger partial charge in [0.2, 0.25) is 5.91 Å². The maximum Gasteiger partial charge on any atom is 0.505 e. The molecule has 2 aliphatic heterocycles. The fraction of sp³-hybridized carbons (Fsp3) is 0.233. The minimum absolute atomic E-state index is 0.0110. The van der Waals surface area contributed by atoms with E-state index in [0.29, 0.717) is 11.2 Å². The Labute approximate surface area is 247 Å². The predicted molar refractivity (Wildman–Crippen MR) is 152 cm³/mol. The highest BCUT2D eigenvalue weighted by molar-refractivity contribution is 6.28. The van der Waals surface area contributed by atoms with Crippen LogP contribution in [0, 0.1) is 17.6 Å². The molecule has 1 N–H and O–H groups in total. The second-order valence-electron chi connectivity index (χ2n) is 10.3. The molecule has 4 aromatic rings. The van der Waals surface area contributed by atoms with Crippen LogP contribution in [-0.4, -0.2) is 63.8 Å². The van der Waals surface area contributed by atoms with E-state index in [1.54, 1.807) is 19.2 Å². The number of carbonyl (C=O) groups excluding carboxylic acids is 3. The molecule has 2 aliphatic rings. The molecule has 1 atom stereocenters. The van der Waals surface area contributed by atoms with Crippen LogP contribution in [0.2, 0.25) is 0 Å². The normalized spacial score (nSPS) is 18.1. The zero-order valence-electron chi connectivity index (χ0n) is 23.2. The molecule has 1 saturated heterocycles. The topological polar surface area (TPSA) is 99.3 Å². The minimum atomic E-state index is -2.82. The highest BCUT2D eigenvalue weighted by Crippen LogP contribution is 2.36. The predicted octanol–water partition coefficient (Wildman–Crippen LogP) is 5.07. The third kappa shape index (κ3) is 5.45. The summed E-state index contributed by atoms with van der Waals surface area (Å²) in [6, 6.07) is 10.8. The van der Waals surface area contributed by atoms with Crippen molar-refractivity contribution < 1.29 is 41.3 Å². The van der Waals surface area contributed by atoms with Crippen molar-refractivity contribution in [1.29, 1.82) is 0 Å². The number of nitrogens with one attached hydrogen (secondary N) is 1. The fourth-order valence-corrected chi connectivity index (χ4v) is 5.11. The highest BCUT2D eigenvalue weighted by Gasteiger charge is 2.47. The number of imide groups is 1. The first-order valence-electron chi connectivity index (χ1n) is 13.7. The molecule has 10 nitrogen and oxygen atoms in total. The lowest BCUT2D eigenvalue weighted by atomic mass is 10.1. The van der Waals surface area contributed by atoms with Crippen LogP contribution < -0.4 is 19.9 Å². The van der Waals surface area contributed by atoms with Gasteiger partial charge in [-0.05, 0) is 49.4 Å². The molecule has 226 valence electrons. The summed E-state index contributed by atoms with van der Waals surface area (Å²) in [4.78, 5) is 41.6. The van der Waals surface area contributed by atoms with Crippen LogP contribution in [-0.2, 0) is 9.59 Å². The number of hydrogen-bond donors (Lipinski definition) is 1. The first-order chi connectivity index (χ1) is 21.0. The maximum atomic E-state index is 15.2. The Morgan fingerprint density at radius 3 is 2.52 bits per heavy atom. The third-order valence-corrected chi connectivity index (χ3v) is 7.37. The van der Waals surface area contributed by atoms with Crippen LogP contribution in [0.3, 0.4) is 0 Å². The largest absolute Gasteiger partial charge is 0.505 e. The number of halogens is 4. The number of anilines is 3. The molecular formula is C30H25F4N6O4+. The molecule has 0 aliphatic carbocycles. The number of amides is 4. The summed E-state index contributed by atoms with van der Waals surface area (Å²) in [7, 11) is 0. The SMILES string of the molecule is CC[N+]1=CC(C(=O)Nc2ccc(Oc3cc(N4CCC(F)(F)C4)cn4nccc34)c(F)c2)C(=O)N(c2ccc(F)cc2)C1=O. The van der Waals surface area contributed by atoms with Crippen molar-refractivity contribution in [3.8, 4) is 11.5 Å². The molecule has 1 fully saturated rings. The van der Waals surface area contributed by atoms with Gasteiger partial charge in [-0.2, -0.15) is 9.89 Å². The summed E-state index contributed by atoms with van der Waals surface area (Å²) in [5, 5.41) is 6.65. The molecule has 6 rings (SSSR count). The molecule has 4 amide bonds. The Morgan fingerprint density at radius 2 is 1.84 bits per heavy atom. The summed E-state index contributed by atoms with van der Waals surface area (Å²) in [6.45, 7) is 1.48. The van der Waals surface area contributed by atoms with Gasteiger partial charge in [-0.3, -0.25) is 4.79 Å². The molecule has 0 saturated carbocycles. The molecule has 0 radical (unpaired) electrons. The monoisotopic (exact) mass is 609 g/mol. The zero-order valence-corrected chi connectivity index (χ0v) is 23.2. The standard InChI is InChI=1S/C30H24F4N6O4/c1-2-37-16-22(28(42)40(29(37)43)20-6-3-18(31)4-7-20)27(41)36-19-5-8-25(23(32)13-19)44-26-14-21(15-39-24(26)9-11-35-39)38-12-10-30(33,34)17-38/h3-9,11,13-16,22H,2,10,12,17H2,1H3/p+1. The van der Waals surface area contributed by atoms with Crippen molar-refractivity contribution >= 4 is 46.6 Å². The van der Waals surface area contributed by atoms with E-state index in [4.69, 9.17) is 4.74 Å². The number of hydrogen-bond acceptors (Lipinski definition) is 6. The van der Waals surface area contributed by atoms with E-state index in [1.807, 2.05) is 0 Å². The smallest absolute Gasteiger partial charge is 0.452 e. The summed E-state index contributed by atoms with van der Waals surface area (Å²) >= 11 is 0. The summed E-state index contributed by atoms with van der Waals surface area (Å²) in [5.41, 5.74) is 1.01. The lowest BCUT2D eigenvalue weighted by molar-refractivity contribution is -0.419. The number of benzene rings is 2. The zero-order chi connectivity index (χ0) is 31.2. The van der Waals surface area contributed by atoms with Crippen LogP contribution in [0.4, 0.5) is 39.4 Å². The first-order valence-corrected chi connectivity index (χ1v) is 13.7. The average Bonchev–Trinajstić information content (AvgIpc) is 3.61. The molecule has 1 unspecified atom stereocenters. The lowest BCUT2D eigenvalue weighted by Crippen LogP contribution is -2.54. The van der Waals surface area contributed by atoms with Gasteiger partial charge >= 0.3 is 11.9 Å². The van der Waals surface area contributed by atoms with E-state index in [2.05, 4.69) is 10.4 Å². The summed E-state index contributed by atoms with van der Waals surface area (Å²) in [6.07, 6.45) is 3.98. The van der Waals surface area contributed by atoms with Gasteiger partial charge in [0.1, 0.15) is 17.0 Å². The molecule has 0 bridgehead atoms. The van der Waals surface area contributed by atoms with Crippen molar-refractivity contribution in [3.63, 3.8) is 0 Å². The van der Waals surface area contributed by atoms with Crippen molar-refractivity contribution in [2.75, 3.05) is 34.8 Å². The Kier molecular flexibility index (Phi) is 7.27. The van der Waals surface area contributed by atoms with Crippen LogP contribution in [0.5, 0.6) is 11.5 Å². The molecule has 14 heteroatoms. The number of ether oxygens (including phenoxy) is 1. The molecule has 44 heavy (non-hydrogen) atoms. The Morgan fingerprint density at radius 1 is 1.07 bits per heavy atom. The average molecular weight is 610 g/mol. The van der Waals surface area contributed by atoms with Gasteiger partial charge in [0, 0.05) is 30.8 Å². The first kappa shape index (κ1) is 28.8. The van der Waals surface area contributed by atoms with Crippen LogP contribution in [0.15, 0.2) is 67.0 Å². The van der Waals surface area contributed by atoms with Gasteiger partial charge in [-0.1, -0.05) is 0 Å². The second kappa shape index (κ2) is 11.1. The van der Waals surface area contributed by atoms with E-state index in [0.717, 1.165) is 23.1 Å². The van der Waals surface area contributed by atoms with E-state index < -0.39 is 47.9 Å². The fourth-order valence-electron chi connectivity index (χ4n) is 5.11. The Balaban J connectivity index is 1.22. The van der Waals surface area contributed by atoms with Gasteiger partial charge in [0.05, 0.1) is 37.4 Å². The lowest BCUT2D eigenvalue weighted by Gasteiger charge is -2.22. The van der Waals surface area contributed by atoms with E-state index >= 15 is 4.39 Å². The number of aromatic nitrogens is 2. The number of rotatable bonds is 7. The number of fused-ring (bicyclic) bond motifs is 1. The minimum Gasteiger partial charge on any atom is -0.452 e. The number of alkyl halides is 2. The number of pyridine rings is 1.